The predicted molar refractivity (Wildman–Crippen MR) is 60.9 cm³/mol. The van der Waals surface area contributed by atoms with Gasteiger partial charge in [0, 0.05) is 5.88 Å². The fourth-order valence-electron chi connectivity index (χ4n) is 1.09. The lowest BCUT2D eigenvalue weighted by Crippen LogP contribution is -2.08. The van der Waals surface area contributed by atoms with Crippen LogP contribution in [0, 0.1) is 11.7 Å². The van der Waals surface area contributed by atoms with Crippen molar-refractivity contribution in [2.75, 3.05) is 6.61 Å². The van der Waals surface area contributed by atoms with E-state index in [0.717, 1.165) is 12.0 Å². The van der Waals surface area contributed by atoms with Crippen molar-refractivity contribution in [3.8, 4) is 5.75 Å². The number of rotatable bonds is 5. The van der Waals surface area contributed by atoms with E-state index >= 15 is 0 Å². The predicted octanol–water partition coefficient (Wildman–Crippen LogP) is 3.99. The Morgan fingerprint density at radius 3 is 2.73 bits per heavy atom. The van der Waals surface area contributed by atoms with E-state index in [1.54, 1.807) is 12.1 Å². The smallest absolute Gasteiger partial charge is 0.165 e. The van der Waals surface area contributed by atoms with E-state index in [-0.39, 0.29) is 5.82 Å². The van der Waals surface area contributed by atoms with E-state index in [4.69, 9.17) is 16.3 Å². The summed E-state index contributed by atoms with van der Waals surface area (Å²) in [6.45, 7) is 4.71. The number of ether oxygens (including phenoxy) is 1. The van der Waals surface area contributed by atoms with Gasteiger partial charge in [-0.15, -0.1) is 11.6 Å². The largest absolute Gasteiger partial charge is 0.490 e. The summed E-state index contributed by atoms with van der Waals surface area (Å²) in [5.41, 5.74) is 0.769. The minimum atomic E-state index is -0.337. The molecule has 3 heteroatoms. The van der Waals surface area contributed by atoms with Gasteiger partial charge in [-0.25, -0.2) is 4.39 Å². The van der Waals surface area contributed by atoms with Crippen LogP contribution in [-0.2, 0) is 5.88 Å². The Morgan fingerprint density at radius 2 is 2.20 bits per heavy atom. The van der Waals surface area contributed by atoms with Crippen LogP contribution in [0.5, 0.6) is 5.75 Å². The highest BCUT2D eigenvalue weighted by atomic mass is 35.5. The van der Waals surface area contributed by atoms with Crippen molar-refractivity contribution in [3.05, 3.63) is 29.6 Å². The van der Waals surface area contributed by atoms with E-state index in [9.17, 15) is 4.39 Å². The van der Waals surface area contributed by atoms with Crippen molar-refractivity contribution >= 4 is 11.6 Å². The highest BCUT2D eigenvalue weighted by Gasteiger charge is 2.06. The Bertz CT molecular complexity index is 314. The van der Waals surface area contributed by atoms with Gasteiger partial charge in [0.05, 0.1) is 6.61 Å². The molecule has 1 unspecified atom stereocenters. The molecule has 0 aromatic heterocycles. The second-order valence-electron chi connectivity index (χ2n) is 3.72. The third-order valence-electron chi connectivity index (χ3n) is 2.37. The molecule has 0 spiro atoms. The number of hydrogen-bond acceptors (Lipinski definition) is 1. The summed E-state index contributed by atoms with van der Waals surface area (Å²) >= 11 is 5.59. The van der Waals surface area contributed by atoms with Crippen molar-refractivity contribution in [3.63, 3.8) is 0 Å². The molecule has 1 aromatic rings. The van der Waals surface area contributed by atoms with Crippen molar-refractivity contribution < 1.29 is 9.13 Å². The molecule has 1 nitrogen and oxygen atoms in total. The van der Waals surface area contributed by atoms with Crippen molar-refractivity contribution in [1.82, 2.24) is 0 Å². The molecule has 0 aliphatic carbocycles. The molecule has 1 atom stereocenters. The summed E-state index contributed by atoms with van der Waals surface area (Å²) in [5, 5.41) is 0. The SMILES string of the molecule is CCC(C)COc1ccc(CCl)cc1F. The molecule has 0 saturated heterocycles. The van der Waals surface area contributed by atoms with Gasteiger partial charge in [-0.05, 0) is 23.6 Å². The van der Waals surface area contributed by atoms with Gasteiger partial charge >= 0.3 is 0 Å². The molecule has 0 fully saturated rings. The molecule has 0 amide bonds. The Balaban J connectivity index is 2.62. The van der Waals surface area contributed by atoms with E-state index < -0.39 is 0 Å². The second kappa shape index (κ2) is 5.96. The summed E-state index contributed by atoms with van der Waals surface area (Å²) < 4.78 is 18.8. The molecule has 15 heavy (non-hydrogen) atoms. The first-order valence-corrected chi connectivity index (χ1v) is 5.68. The normalized spacial score (nSPS) is 12.5. The first-order valence-electron chi connectivity index (χ1n) is 5.14. The van der Waals surface area contributed by atoms with Crippen LogP contribution in [-0.4, -0.2) is 6.61 Å². The average Bonchev–Trinajstić information content (AvgIpc) is 2.26. The highest BCUT2D eigenvalue weighted by molar-refractivity contribution is 6.17. The zero-order valence-corrected chi connectivity index (χ0v) is 9.85. The third kappa shape index (κ3) is 3.71. The standard InChI is InChI=1S/C12H16ClFO/c1-3-9(2)8-15-12-5-4-10(7-13)6-11(12)14/h4-6,9H,3,7-8H2,1-2H3. The molecule has 1 aromatic carbocycles. The summed E-state index contributed by atoms with van der Waals surface area (Å²) in [6, 6.07) is 4.83. The van der Waals surface area contributed by atoms with E-state index in [1.165, 1.54) is 6.07 Å². The second-order valence-corrected chi connectivity index (χ2v) is 3.99. The Morgan fingerprint density at radius 1 is 1.47 bits per heavy atom. The van der Waals surface area contributed by atoms with Crippen LogP contribution in [0.25, 0.3) is 0 Å². The first kappa shape index (κ1) is 12.3. The van der Waals surface area contributed by atoms with E-state index in [1.807, 2.05) is 0 Å². The van der Waals surface area contributed by atoms with Crippen molar-refractivity contribution in [2.24, 2.45) is 5.92 Å². The number of halogens is 2. The topological polar surface area (TPSA) is 9.23 Å². The van der Waals surface area contributed by atoms with Crippen LogP contribution >= 0.6 is 11.6 Å². The van der Waals surface area contributed by atoms with Gasteiger partial charge in [0.25, 0.3) is 0 Å². The minimum absolute atomic E-state index is 0.309. The lowest BCUT2D eigenvalue weighted by molar-refractivity contribution is 0.246. The van der Waals surface area contributed by atoms with Crippen LogP contribution in [0.2, 0.25) is 0 Å². The molecule has 0 radical (unpaired) electrons. The lowest BCUT2D eigenvalue weighted by Gasteiger charge is -2.11. The number of alkyl halides is 1. The van der Waals surface area contributed by atoms with Crippen molar-refractivity contribution in [1.29, 1.82) is 0 Å². The molecule has 0 aliphatic heterocycles. The molecule has 1 rings (SSSR count). The van der Waals surface area contributed by atoms with E-state index in [2.05, 4.69) is 13.8 Å². The van der Waals surface area contributed by atoms with Gasteiger partial charge < -0.3 is 4.74 Å². The Hall–Kier alpha value is -0.760. The van der Waals surface area contributed by atoms with Crippen LogP contribution in [0.4, 0.5) is 4.39 Å². The number of benzene rings is 1. The maximum Gasteiger partial charge on any atom is 0.165 e. The zero-order chi connectivity index (χ0) is 11.3. The van der Waals surface area contributed by atoms with Crippen LogP contribution in [0.1, 0.15) is 25.8 Å². The molecule has 0 saturated carbocycles. The zero-order valence-electron chi connectivity index (χ0n) is 9.09. The van der Waals surface area contributed by atoms with Crippen LogP contribution in [0.15, 0.2) is 18.2 Å². The first-order chi connectivity index (χ1) is 7.17. The monoisotopic (exact) mass is 230 g/mol. The Kier molecular flexibility index (Phi) is 4.89. The molecule has 0 N–H and O–H groups in total. The third-order valence-corrected chi connectivity index (χ3v) is 2.68. The van der Waals surface area contributed by atoms with E-state index in [0.29, 0.717) is 24.2 Å². The van der Waals surface area contributed by atoms with Crippen LogP contribution in [0.3, 0.4) is 0 Å². The molecule has 0 bridgehead atoms. The van der Waals surface area contributed by atoms with Gasteiger partial charge in [-0.3, -0.25) is 0 Å². The molecule has 84 valence electrons. The fraction of sp³-hybridized carbons (Fsp3) is 0.500. The summed E-state index contributed by atoms with van der Waals surface area (Å²) in [7, 11) is 0. The Labute approximate surface area is 95.2 Å². The molecule has 0 aliphatic rings. The van der Waals surface area contributed by atoms with Gasteiger partial charge in [0.2, 0.25) is 0 Å². The fourth-order valence-corrected chi connectivity index (χ4v) is 1.26. The quantitative estimate of drug-likeness (QED) is 0.695. The van der Waals surface area contributed by atoms with Gasteiger partial charge in [0.15, 0.2) is 11.6 Å². The summed E-state index contributed by atoms with van der Waals surface area (Å²) in [5.74, 6) is 0.737. The van der Waals surface area contributed by atoms with Gasteiger partial charge in [-0.2, -0.15) is 0 Å². The molecule has 0 heterocycles. The minimum Gasteiger partial charge on any atom is -0.490 e. The van der Waals surface area contributed by atoms with Gasteiger partial charge in [0.1, 0.15) is 0 Å². The summed E-state index contributed by atoms with van der Waals surface area (Å²) in [6.07, 6.45) is 1.03. The summed E-state index contributed by atoms with van der Waals surface area (Å²) in [4.78, 5) is 0. The highest BCUT2D eigenvalue weighted by Crippen LogP contribution is 2.20. The maximum absolute atomic E-state index is 13.4. The lowest BCUT2D eigenvalue weighted by atomic mass is 10.1. The molecular weight excluding hydrogens is 215 g/mol. The molecular formula is C12H16ClFO. The van der Waals surface area contributed by atoms with Crippen LogP contribution < -0.4 is 4.74 Å². The van der Waals surface area contributed by atoms with Crippen molar-refractivity contribution in [2.45, 2.75) is 26.1 Å². The van der Waals surface area contributed by atoms with Gasteiger partial charge in [-0.1, -0.05) is 26.3 Å². The average molecular weight is 231 g/mol. The maximum atomic E-state index is 13.4. The number of hydrogen-bond donors (Lipinski definition) is 0.